The van der Waals surface area contributed by atoms with Crippen LogP contribution in [0.1, 0.15) is 54.7 Å². The first kappa shape index (κ1) is 14.0. The van der Waals surface area contributed by atoms with Crippen molar-refractivity contribution in [1.82, 2.24) is 10.3 Å². The second kappa shape index (κ2) is 5.71. The summed E-state index contributed by atoms with van der Waals surface area (Å²) in [6.07, 6.45) is 3.30. The lowest BCUT2D eigenvalue weighted by molar-refractivity contribution is 0.415. The van der Waals surface area contributed by atoms with Crippen molar-refractivity contribution in [3.05, 3.63) is 28.6 Å². The highest BCUT2D eigenvalue weighted by molar-refractivity contribution is 5.33. The molecule has 1 aromatic rings. The summed E-state index contributed by atoms with van der Waals surface area (Å²) in [5.41, 5.74) is 4.75. The van der Waals surface area contributed by atoms with Gasteiger partial charge in [0.25, 0.3) is 0 Å². The van der Waals surface area contributed by atoms with Crippen LogP contribution in [0, 0.1) is 38.0 Å². The molecule has 0 amide bonds. The number of nitrogens with zero attached hydrogens (tertiary/aromatic N) is 2. The minimum Gasteiger partial charge on any atom is -0.306 e. The van der Waals surface area contributed by atoms with Crippen LogP contribution >= 0.6 is 0 Å². The van der Waals surface area contributed by atoms with Gasteiger partial charge in [-0.15, -0.1) is 0 Å². The molecule has 1 fully saturated rings. The van der Waals surface area contributed by atoms with Crippen LogP contribution in [0.2, 0.25) is 0 Å². The predicted octanol–water partition coefficient (Wildman–Crippen LogP) is 3.35. The molecule has 1 aromatic heterocycles. The molecular formula is C16H23N3. The normalized spacial score (nSPS) is 24.2. The van der Waals surface area contributed by atoms with Crippen LogP contribution in [0.5, 0.6) is 0 Å². The van der Waals surface area contributed by atoms with Gasteiger partial charge in [-0.2, -0.15) is 5.26 Å². The van der Waals surface area contributed by atoms with E-state index in [0.29, 0.717) is 6.04 Å². The number of nitriles is 1. The Hall–Kier alpha value is -1.40. The van der Waals surface area contributed by atoms with Gasteiger partial charge in [0.15, 0.2) is 0 Å². The van der Waals surface area contributed by atoms with E-state index in [2.05, 4.69) is 43.2 Å². The summed E-state index contributed by atoms with van der Waals surface area (Å²) in [5.74, 6) is 0.168. The third-order valence-corrected chi connectivity index (χ3v) is 4.16. The Morgan fingerprint density at radius 3 is 2.74 bits per heavy atom. The molecule has 1 aliphatic carbocycles. The van der Waals surface area contributed by atoms with E-state index in [4.69, 9.17) is 5.26 Å². The Morgan fingerprint density at radius 1 is 1.37 bits per heavy atom. The third kappa shape index (κ3) is 2.96. The molecule has 3 heteroatoms. The van der Waals surface area contributed by atoms with Gasteiger partial charge in [0.2, 0.25) is 0 Å². The van der Waals surface area contributed by atoms with E-state index in [-0.39, 0.29) is 12.0 Å². The smallest absolute Gasteiger partial charge is 0.0672 e. The Bertz CT molecular complexity index is 478. The molecule has 1 heterocycles. The second-order valence-electron chi connectivity index (χ2n) is 5.74. The fraction of sp³-hybridized carbons (Fsp3) is 0.625. The lowest BCUT2D eigenvalue weighted by atomic mass is 9.98. The van der Waals surface area contributed by atoms with Crippen LogP contribution in [0.3, 0.4) is 0 Å². The second-order valence-corrected chi connectivity index (χ2v) is 5.74. The molecule has 3 nitrogen and oxygen atoms in total. The molecule has 3 atom stereocenters. The molecule has 0 bridgehead atoms. The molecule has 3 unspecified atom stereocenters. The van der Waals surface area contributed by atoms with E-state index in [1.807, 2.05) is 6.92 Å². The molecule has 0 spiro atoms. The van der Waals surface area contributed by atoms with E-state index < -0.39 is 0 Å². The zero-order valence-corrected chi connectivity index (χ0v) is 12.3. The first-order valence-corrected chi connectivity index (χ1v) is 7.13. The van der Waals surface area contributed by atoms with Crippen LogP contribution < -0.4 is 5.32 Å². The molecule has 19 heavy (non-hydrogen) atoms. The number of aromatic nitrogens is 1. The molecule has 1 saturated carbocycles. The van der Waals surface area contributed by atoms with Gasteiger partial charge in [-0.3, -0.25) is 4.98 Å². The van der Waals surface area contributed by atoms with Crippen LogP contribution in [0.4, 0.5) is 0 Å². The average Bonchev–Trinajstić information content (AvgIpc) is 2.74. The Labute approximate surface area is 116 Å². The quantitative estimate of drug-likeness (QED) is 0.903. The first-order chi connectivity index (χ1) is 9.02. The lowest BCUT2D eigenvalue weighted by Gasteiger charge is -2.24. The van der Waals surface area contributed by atoms with Crippen LogP contribution in [-0.2, 0) is 0 Å². The average molecular weight is 257 g/mol. The minimum atomic E-state index is 0.168. The predicted molar refractivity (Wildman–Crippen MR) is 76.7 cm³/mol. The van der Waals surface area contributed by atoms with Crippen molar-refractivity contribution in [2.75, 3.05) is 0 Å². The summed E-state index contributed by atoms with van der Waals surface area (Å²) in [5, 5.41) is 12.8. The Balaban J connectivity index is 2.17. The lowest BCUT2D eigenvalue weighted by Crippen LogP contribution is -2.34. The standard InChI is InChI=1S/C16H23N3/c1-10-8-11(2)18-12(3)16(10)13(4)19-15-7-5-6-14(15)9-17/h8,13-15,19H,5-7H2,1-4H3. The summed E-state index contributed by atoms with van der Waals surface area (Å²) in [6, 6.07) is 5.16. The van der Waals surface area contributed by atoms with Crippen LogP contribution in [0.15, 0.2) is 6.07 Å². The van der Waals surface area contributed by atoms with Gasteiger partial charge >= 0.3 is 0 Å². The zero-order chi connectivity index (χ0) is 14.0. The summed E-state index contributed by atoms with van der Waals surface area (Å²) in [4.78, 5) is 4.56. The zero-order valence-electron chi connectivity index (χ0n) is 12.3. The van der Waals surface area contributed by atoms with E-state index in [1.54, 1.807) is 0 Å². The number of hydrogen-bond acceptors (Lipinski definition) is 3. The largest absolute Gasteiger partial charge is 0.306 e. The number of aryl methyl sites for hydroxylation is 3. The van der Waals surface area contributed by atoms with E-state index in [1.165, 1.54) is 11.1 Å². The number of pyridine rings is 1. The maximum absolute atomic E-state index is 9.16. The van der Waals surface area contributed by atoms with Gasteiger partial charge in [-0.25, -0.2) is 0 Å². The minimum absolute atomic E-state index is 0.168. The van der Waals surface area contributed by atoms with Crippen LogP contribution in [-0.4, -0.2) is 11.0 Å². The molecular weight excluding hydrogens is 234 g/mol. The maximum Gasteiger partial charge on any atom is 0.0672 e. The fourth-order valence-electron chi connectivity index (χ4n) is 3.41. The van der Waals surface area contributed by atoms with Gasteiger partial charge in [0, 0.05) is 23.5 Å². The van der Waals surface area contributed by atoms with Crippen molar-refractivity contribution in [3.8, 4) is 6.07 Å². The molecule has 0 aliphatic heterocycles. The van der Waals surface area contributed by atoms with Crippen molar-refractivity contribution in [3.63, 3.8) is 0 Å². The van der Waals surface area contributed by atoms with Crippen molar-refractivity contribution >= 4 is 0 Å². The van der Waals surface area contributed by atoms with Gasteiger partial charge < -0.3 is 5.32 Å². The topological polar surface area (TPSA) is 48.7 Å². The molecule has 0 saturated heterocycles. The molecule has 102 valence electrons. The van der Waals surface area contributed by atoms with E-state index in [0.717, 1.165) is 30.7 Å². The highest BCUT2D eigenvalue weighted by Crippen LogP contribution is 2.29. The molecule has 0 radical (unpaired) electrons. The Kier molecular flexibility index (Phi) is 4.21. The molecule has 0 aromatic carbocycles. The summed E-state index contributed by atoms with van der Waals surface area (Å²) < 4.78 is 0. The van der Waals surface area contributed by atoms with Gasteiger partial charge in [0.1, 0.15) is 0 Å². The molecule has 1 aliphatic rings. The van der Waals surface area contributed by atoms with Crippen molar-refractivity contribution in [1.29, 1.82) is 5.26 Å². The molecule has 1 N–H and O–H groups in total. The van der Waals surface area contributed by atoms with E-state index >= 15 is 0 Å². The van der Waals surface area contributed by atoms with Crippen LogP contribution in [0.25, 0.3) is 0 Å². The number of hydrogen-bond donors (Lipinski definition) is 1. The summed E-state index contributed by atoms with van der Waals surface area (Å²) in [7, 11) is 0. The SMILES string of the molecule is Cc1cc(C)c(C(C)NC2CCCC2C#N)c(C)n1. The first-order valence-electron chi connectivity index (χ1n) is 7.13. The number of nitrogens with one attached hydrogen (secondary N) is 1. The van der Waals surface area contributed by atoms with Gasteiger partial charge in [-0.05, 0) is 57.7 Å². The fourth-order valence-corrected chi connectivity index (χ4v) is 3.41. The number of rotatable bonds is 3. The monoisotopic (exact) mass is 257 g/mol. The highest BCUT2D eigenvalue weighted by Gasteiger charge is 2.28. The van der Waals surface area contributed by atoms with Gasteiger partial charge in [-0.1, -0.05) is 6.42 Å². The van der Waals surface area contributed by atoms with Gasteiger partial charge in [0.05, 0.1) is 12.0 Å². The summed E-state index contributed by atoms with van der Waals surface area (Å²) in [6.45, 7) is 8.43. The maximum atomic E-state index is 9.16. The molecule has 2 rings (SSSR count). The Morgan fingerprint density at radius 2 is 2.11 bits per heavy atom. The highest BCUT2D eigenvalue weighted by atomic mass is 15.0. The van der Waals surface area contributed by atoms with E-state index in [9.17, 15) is 0 Å². The van der Waals surface area contributed by atoms with Crippen molar-refractivity contribution in [2.24, 2.45) is 5.92 Å². The van der Waals surface area contributed by atoms with Crippen molar-refractivity contribution in [2.45, 2.75) is 59.0 Å². The van der Waals surface area contributed by atoms with Crippen molar-refractivity contribution < 1.29 is 0 Å². The third-order valence-electron chi connectivity index (χ3n) is 4.16. The summed E-state index contributed by atoms with van der Waals surface area (Å²) >= 11 is 0.